The van der Waals surface area contributed by atoms with Crippen LogP contribution in [-0.2, 0) is 6.42 Å². The third-order valence-corrected chi connectivity index (χ3v) is 3.55. The van der Waals surface area contributed by atoms with Gasteiger partial charge in [-0.1, -0.05) is 24.3 Å². The van der Waals surface area contributed by atoms with Crippen molar-refractivity contribution in [1.29, 1.82) is 0 Å². The molecule has 0 spiro atoms. The van der Waals surface area contributed by atoms with Crippen LogP contribution in [0.25, 0.3) is 6.08 Å². The number of allylic oxidation sites excluding steroid dienone is 1. The molecule has 21 heavy (non-hydrogen) atoms. The molecule has 0 aliphatic heterocycles. The minimum absolute atomic E-state index is 0.119. The van der Waals surface area contributed by atoms with Gasteiger partial charge in [-0.25, -0.2) is 0 Å². The summed E-state index contributed by atoms with van der Waals surface area (Å²) >= 11 is 0. The topological polar surface area (TPSA) is 49.7 Å². The van der Waals surface area contributed by atoms with Crippen LogP contribution in [0.1, 0.15) is 22.3 Å². The first-order valence-corrected chi connectivity index (χ1v) is 6.84. The van der Waals surface area contributed by atoms with Crippen molar-refractivity contribution < 1.29 is 14.9 Å². The van der Waals surface area contributed by atoms with Crippen LogP contribution in [0, 0.1) is 13.8 Å². The fourth-order valence-electron chi connectivity index (χ4n) is 2.16. The fraction of sp³-hybridized carbons (Fsp3) is 0.222. The van der Waals surface area contributed by atoms with E-state index >= 15 is 0 Å². The minimum Gasteiger partial charge on any atom is -0.508 e. The monoisotopic (exact) mass is 284 g/mol. The summed E-state index contributed by atoms with van der Waals surface area (Å²) in [6.45, 7) is 4.01. The van der Waals surface area contributed by atoms with Crippen molar-refractivity contribution in [3.8, 4) is 17.2 Å². The van der Waals surface area contributed by atoms with Gasteiger partial charge in [-0.15, -0.1) is 0 Å². The molecule has 3 nitrogen and oxygen atoms in total. The van der Waals surface area contributed by atoms with Crippen LogP contribution in [0.2, 0.25) is 0 Å². The molecule has 0 aliphatic carbocycles. The number of aryl methyl sites for hydroxylation is 2. The average molecular weight is 284 g/mol. The first-order chi connectivity index (χ1) is 10.0. The van der Waals surface area contributed by atoms with E-state index in [4.69, 9.17) is 4.74 Å². The largest absolute Gasteiger partial charge is 0.508 e. The molecule has 0 aliphatic rings. The van der Waals surface area contributed by atoms with Crippen LogP contribution < -0.4 is 4.74 Å². The van der Waals surface area contributed by atoms with Crippen molar-refractivity contribution in [2.75, 3.05) is 7.11 Å². The van der Waals surface area contributed by atoms with Gasteiger partial charge in [0.15, 0.2) is 11.5 Å². The maximum absolute atomic E-state index is 9.93. The summed E-state index contributed by atoms with van der Waals surface area (Å²) in [7, 11) is 1.52. The summed E-state index contributed by atoms with van der Waals surface area (Å²) in [4.78, 5) is 0. The van der Waals surface area contributed by atoms with E-state index in [2.05, 4.69) is 0 Å². The molecule has 0 saturated carbocycles. The van der Waals surface area contributed by atoms with Gasteiger partial charge in [-0.3, -0.25) is 0 Å². The normalized spacial score (nSPS) is 11.0. The molecule has 0 saturated heterocycles. The summed E-state index contributed by atoms with van der Waals surface area (Å²) in [5.41, 5.74) is 4.03. The number of hydrogen-bond acceptors (Lipinski definition) is 3. The van der Waals surface area contributed by atoms with Crippen molar-refractivity contribution in [3.05, 3.63) is 58.7 Å². The molecule has 0 amide bonds. The molecule has 0 heterocycles. The number of benzene rings is 2. The molecule has 110 valence electrons. The molecule has 2 rings (SSSR count). The van der Waals surface area contributed by atoms with Crippen LogP contribution in [0.5, 0.6) is 17.2 Å². The third-order valence-electron chi connectivity index (χ3n) is 3.55. The van der Waals surface area contributed by atoms with Crippen molar-refractivity contribution in [2.24, 2.45) is 0 Å². The highest BCUT2D eigenvalue weighted by atomic mass is 16.5. The molecular weight excluding hydrogens is 264 g/mol. The average Bonchev–Trinajstić information content (AvgIpc) is 2.44. The Labute approximate surface area is 125 Å². The molecule has 2 aromatic carbocycles. The second-order valence-corrected chi connectivity index (χ2v) is 5.10. The Balaban J connectivity index is 2.12. The van der Waals surface area contributed by atoms with Gasteiger partial charge in [0.25, 0.3) is 0 Å². The van der Waals surface area contributed by atoms with E-state index in [9.17, 15) is 10.2 Å². The van der Waals surface area contributed by atoms with Gasteiger partial charge in [0.05, 0.1) is 7.11 Å². The molecule has 0 bridgehead atoms. The number of phenols is 2. The molecule has 2 aromatic rings. The van der Waals surface area contributed by atoms with Crippen molar-refractivity contribution in [3.63, 3.8) is 0 Å². The van der Waals surface area contributed by atoms with E-state index in [0.717, 1.165) is 16.7 Å². The zero-order valence-corrected chi connectivity index (χ0v) is 12.6. The smallest absolute Gasteiger partial charge is 0.160 e. The quantitative estimate of drug-likeness (QED) is 0.893. The lowest BCUT2D eigenvalue weighted by Gasteiger charge is -2.06. The molecule has 0 aromatic heterocycles. The van der Waals surface area contributed by atoms with Crippen molar-refractivity contribution in [1.82, 2.24) is 0 Å². The van der Waals surface area contributed by atoms with Crippen molar-refractivity contribution in [2.45, 2.75) is 20.3 Å². The number of hydrogen-bond donors (Lipinski definition) is 2. The second kappa shape index (κ2) is 6.35. The zero-order chi connectivity index (χ0) is 15.4. The number of methoxy groups -OCH3 is 1. The van der Waals surface area contributed by atoms with Gasteiger partial charge in [0.2, 0.25) is 0 Å². The fourth-order valence-corrected chi connectivity index (χ4v) is 2.16. The molecule has 0 atom stereocenters. The zero-order valence-electron chi connectivity index (χ0n) is 12.6. The van der Waals surface area contributed by atoms with E-state index in [0.29, 0.717) is 17.9 Å². The standard InChI is InChI=1S/C18H20O3/c1-12-9-15(16(19)10-13(12)2)6-4-5-14-7-8-18(21-3)17(20)11-14/h4-5,7-11,19-20H,6H2,1-3H3/b5-4+. The van der Waals surface area contributed by atoms with E-state index in [1.165, 1.54) is 12.7 Å². The van der Waals surface area contributed by atoms with Crippen LogP contribution in [0.15, 0.2) is 36.4 Å². The SMILES string of the molecule is COc1ccc(/C=C/Cc2cc(C)c(C)cc2O)cc1O. The minimum atomic E-state index is 0.119. The number of ether oxygens (including phenoxy) is 1. The lowest BCUT2D eigenvalue weighted by atomic mass is 10.0. The maximum atomic E-state index is 9.93. The molecular formula is C18H20O3. The lowest BCUT2D eigenvalue weighted by Crippen LogP contribution is -1.88. The molecule has 0 unspecified atom stereocenters. The van der Waals surface area contributed by atoms with Gasteiger partial charge >= 0.3 is 0 Å². The van der Waals surface area contributed by atoms with Crippen molar-refractivity contribution >= 4 is 6.08 Å². The highest BCUT2D eigenvalue weighted by Gasteiger charge is 2.03. The Kier molecular flexibility index (Phi) is 4.53. The lowest BCUT2D eigenvalue weighted by molar-refractivity contribution is 0.373. The number of phenolic OH excluding ortho intramolecular Hbond substituents is 2. The third kappa shape index (κ3) is 3.57. The Morgan fingerprint density at radius 2 is 1.71 bits per heavy atom. The van der Waals surface area contributed by atoms with Gasteiger partial charge in [0, 0.05) is 0 Å². The summed E-state index contributed by atoms with van der Waals surface area (Å²) in [5.74, 6) is 0.896. The van der Waals surface area contributed by atoms with Gasteiger partial charge in [-0.05, 0) is 60.7 Å². The van der Waals surface area contributed by atoms with Gasteiger partial charge in [-0.2, -0.15) is 0 Å². The van der Waals surface area contributed by atoms with Crippen LogP contribution in [0.3, 0.4) is 0 Å². The van der Waals surface area contributed by atoms with Crippen LogP contribution in [0.4, 0.5) is 0 Å². The van der Waals surface area contributed by atoms with Gasteiger partial charge in [0.1, 0.15) is 5.75 Å². The Morgan fingerprint density at radius 1 is 1.00 bits per heavy atom. The van der Waals surface area contributed by atoms with E-state index in [1.807, 2.05) is 38.1 Å². The molecule has 2 N–H and O–H groups in total. The molecule has 3 heteroatoms. The van der Waals surface area contributed by atoms with Gasteiger partial charge < -0.3 is 14.9 Å². The predicted molar refractivity (Wildman–Crippen MR) is 85.0 cm³/mol. The van der Waals surface area contributed by atoms with Crippen LogP contribution >= 0.6 is 0 Å². The second-order valence-electron chi connectivity index (χ2n) is 5.10. The highest BCUT2D eigenvalue weighted by molar-refractivity contribution is 5.56. The number of rotatable bonds is 4. The summed E-state index contributed by atoms with van der Waals surface area (Å²) in [6, 6.07) is 9.03. The molecule has 0 fully saturated rings. The van der Waals surface area contributed by atoms with E-state index < -0.39 is 0 Å². The Hall–Kier alpha value is -2.42. The van der Waals surface area contributed by atoms with E-state index in [-0.39, 0.29) is 5.75 Å². The summed E-state index contributed by atoms with van der Waals surface area (Å²) in [5, 5.41) is 19.7. The Morgan fingerprint density at radius 3 is 2.38 bits per heavy atom. The molecule has 0 radical (unpaired) electrons. The van der Waals surface area contributed by atoms with E-state index in [1.54, 1.807) is 18.2 Å². The predicted octanol–water partition coefficient (Wildman–Crippen LogP) is 3.98. The maximum Gasteiger partial charge on any atom is 0.160 e. The first kappa shape index (κ1) is 15.0. The Bertz CT molecular complexity index is 672. The summed E-state index contributed by atoms with van der Waals surface area (Å²) in [6.07, 6.45) is 4.51. The first-order valence-electron chi connectivity index (χ1n) is 6.84. The highest BCUT2D eigenvalue weighted by Crippen LogP contribution is 2.27. The van der Waals surface area contributed by atoms with Crippen LogP contribution in [-0.4, -0.2) is 17.3 Å². The summed E-state index contributed by atoms with van der Waals surface area (Å²) < 4.78 is 5.01. The number of aromatic hydroxyl groups is 2.